The van der Waals surface area contributed by atoms with Crippen molar-refractivity contribution in [1.29, 1.82) is 0 Å². The average molecular weight is 443 g/mol. The second-order valence-corrected chi connectivity index (χ2v) is 8.59. The number of hydrogen-bond donors (Lipinski definition) is 1. The van der Waals surface area contributed by atoms with E-state index in [0.29, 0.717) is 22.2 Å². The first-order valence-electron chi connectivity index (χ1n) is 9.67. The molecule has 30 heavy (non-hydrogen) atoms. The third kappa shape index (κ3) is 4.55. The van der Waals surface area contributed by atoms with Crippen molar-refractivity contribution in [2.75, 3.05) is 19.5 Å². The first kappa shape index (κ1) is 22.0. The van der Waals surface area contributed by atoms with Crippen molar-refractivity contribution in [1.82, 2.24) is 14.7 Å². The van der Waals surface area contributed by atoms with E-state index in [1.165, 1.54) is 18.4 Å². The van der Waals surface area contributed by atoms with Crippen LogP contribution in [0, 0.1) is 13.8 Å². The summed E-state index contributed by atoms with van der Waals surface area (Å²) in [6.45, 7) is 7.51. The van der Waals surface area contributed by atoms with Gasteiger partial charge < -0.3 is 15.0 Å². The molecule has 1 N–H and O–H groups in total. The molecule has 2 aromatic heterocycles. The lowest BCUT2D eigenvalue weighted by molar-refractivity contribution is 0.0603. The Labute approximate surface area is 186 Å². The zero-order chi connectivity index (χ0) is 21.8. The van der Waals surface area contributed by atoms with Gasteiger partial charge in [-0.2, -0.15) is 5.10 Å². The van der Waals surface area contributed by atoms with Crippen LogP contribution in [0.25, 0.3) is 11.1 Å². The predicted molar refractivity (Wildman–Crippen MR) is 126 cm³/mol. The molecule has 0 saturated heterocycles. The monoisotopic (exact) mass is 442 g/mol. The minimum atomic E-state index is -0.383. The van der Waals surface area contributed by atoms with Gasteiger partial charge in [-0.05, 0) is 38.6 Å². The molecule has 0 aliphatic rings. The van der Waals surface area contributed by atoms with Crippen molar-refractivity contribution >= 4 is 39.6 Å². The first-order valence-corrected chi connectivity index (χ1v) is 10.9. The van der Waals surface area contributed by atoms with Crippen LogP contribution in [0.3, 0.4) is 0 Å². The average Bonchev–Trinajstić information content (AvgIpc) is 3.26. The Balaban J connectivity index is 1.87. The molecule has 1 aromatic carbocycles. The second-order valence-electron chi connectivity index (χ2n) is 6.98. The summed E-state index contributed by atoms with van der Waals surface area (Å²) in [6.07, 6.45) is 2.04. The van der Waals surface area contributed by atoms with E-state index in [1.54, 1.807) is 0 Å². The van der Waals surface area contributed by atoms with E-state index in [1.807, 2.05) is 67.0 Å². The van der Waals surface area contributed by atoms with Crippen LogP contribution in [0.1, 0.15) is 33.4 Å². The summed E-state index contributed by atoms with van der Waals surface area (Å²) in [7, 11) is 3.32. The molecule has 0 aliphatic heterocycles. The van der Waals surface area contributed by atoms with Gasteiger partial charge in [0.25, 0.3) is 0 Å². The lowest BCUT2D eigenvalue weighted by Gasteiger charge is -2.20. The Hall–Kier alpha value is -2.71. The maximum atomic E-state index is 12.6. The summed E-state index contributed by atoms with van der Waals surface area (Å²) in [5.74, 6) is -0.383. The molecule has 0 radical (unpaired) electrons. The van der Waals surface area contributed by atoms with Gasteiger partial charge in [0.15, 0.2) is 5.11 Å². The summed E-state index contributed by atoms with van der Waals surface area (Å²) >= 11 is 7.13. The number of methoxy groups -OCH3 is 1. The van der Waals surface area contributed by atoms with Crippen molar-refractivity contribution in [3.8, 4) is 11.1 Å². The van der Waals surface area contributed by atoms with Gasteiger partial charge in [-0.1, -0.05) is 30.3 Å². The SMILES string of the molecule is CCn1cc(CN(C)C(=S)Nc2sc(C)c(-c3ccccc3)c2C(=O)OC)c(C)n1. The van der Waals surface area contributed by atoms with E-state index in [2.05, 4.69) is 17.3 Å². The largest absolute Gasteiger partial charge is 0.465 e. The molecular weight excluding hydrogens is 416 g/mol. The van der Waals surface area contributed by atoms with Crippen LogP contribution < -0.4 is 5.32 Å². The number of esters is 1. The van der Waals surface area contributed by atoms with Gasteiger partial charge in [-0.3, -0.25) is 4.68 Å². The maximum absolute atomic E-state index is 12.6. The van der Waals surface area contributed by atoms with Gasteiger partial charge in [-0.15, -0.1) is 11.3 Å². The van der Waals surface area contributed by atoms with Crippen molar-refractivity contribution in [3.05, 3.63) is 58.2 Å². The number of nitrogens with one attached hydrogen (secondary N) is 1. The smallest absolute Gasteiger partial charge is 0.341 e. The van der Waals surface area contributed by atoms with Crippen molar-refractivity contribution < 1.29 is 9.53 Å². The number of hydrogen-bond acceptors (Lipinski definition) is 5. The van der Waals surface area contributed by atoms with Gasteiger partial charge >= 0.3 is 5.97 Å². The van der Waals surface area contributed by atoms with Crippen LogP contribution in [0.5, 0.6) is 0 Å². The van der Waals surface area contributed by atoms with Crippen LogP contribution in [0.4, 0.5) is 5.00 Å². The summed E-state index contributed by atoms with van der Waals surface area (Å²) in [4.78, 5) is 15.6. The lowest BCUT2D eigenvalue weighted by Crippen LogP contribution is -2.31. The zero-order valence-corrected chi connectivity index (χ0v) is 19.5. The van der Waals surface area contributed by atoms with Crippen LogP contribution in [0.15, 0.2) is 36.5 Å². The number of aromatic nitrogens is 2. The molecule has 6 nitrogen and oxygen atoms in total. The van der Waals surface area contributed by atoms with Crippen LogP contribution in [-0.2, 0) is 17.8 Å². The van der Waals surface area contributed by atoms with Crippen molar-refractivity contribution in [2.24, 2.45) is 0 Å². The van der Waals surface area contributed by atoms with Gasteiger partial charge in [0.05, 0.1) is 12.8 Å². The number of nitrogens with zero attached hydrogens (tertiary/aromatic N) is 3. The molecule has 0 saturated carbocycles. The Morgan fingerprint density at radius 2 is 2.00 bits per heavy atom. The van der Waals surface area contributed by atoms with E-state index in [-0.39, 0.29) is 5.97 Å². The summed E-state index contributed by atoms with van der Waals surface area (Å²) in [6, 6.07) is 9.85. The first-order chi connectivity index (χ1) is 14.3. The van der Waals surface area contributed by atoms with E-state index in [0.717, 1.165) is 33.8 Å². The summed E-state index contributed by atoms with van der Waals surface area (Å²) < 4.78 is 7.00. The number of aryl methyl sites for hydroxylation is 3. The molecule has 0 fully saturated rings. The van der Waals surface area contributed by atoms with E-state index in [4.69, 9.17) is 17.0 Å². The van der Waals surface area contributed by atoms with E-state index >= 15 is 0 Å². The van der Waals surface area contributed by atoms with Crippen LogP contribution in [0.2, 0.25) is 0 Å². The molecule has 8 heteroatoms. The van der Waals surface area contributed by atoms with E-state index in [9.17, 15) is 4.79 Å². The topological polar surface area (TPSA) is 59.4 Å². The van der Waals surface area contributed by atoms with Gasteiger partial charge in [0.1, 0.15) is 10.6 Å². The quantitative estimate of drug-likeness (QED) is 0.434. The number of rotatable bonds is 6. The number of thiophene rings is 1. The minimum Gasteiger partial charge on any atom is -0.465 e. The molecule has 2 heterocycles. The van der Waals surface area contributed by atoms with E-state index < -0.39 is 0 Å². The minimum absolute atomic E-state index is 0.383. The van der Waals surface area contributed by atoms with Gasteiger partial charge in [0.2, 0.25) is 0 Å². The van der Waals surface area contributed by atoms with Gasteiger partial charge in [0, 0.05) is 42.3 Å². The Bertz CT molecular complexity index is 1060. The molecule has 158 valence electrons. The fourth-order valence-electron chi connectivity index (χ4n) is 3.28. The highest BCUT2D eigenvalue weighted by Gasteiger charge is 2.25. The molecule has 0 atom stereocenters. The Morgan fingerprint density at radius 3 is 2.60 bits per heavy atom. The lowest BCUT2D eigenvalue weighted by atomic mass is 10.0. The Morgan fingerprint density at radius 1 is 1.30 bits per heavy atom. The predicted octanol–water partition coefficient (Wildman–Crippen LogP) is 4.86. The number of carbonyl (C=O) groups excluding carboxylic acids is 1. The number of carbonyl (C=O) groups is 1. The Kier molecular flexibility index (Phi) is 6.89. The molecular formula is C22H26N4O2S2. The van der Waals surface area contributed by atoms with Crippen molar-refractivity contribution in [2.45, 2.75) is 33.9 Å². The third-order valence-electron chi connectivity index (χ3n) is 4.88. The van der Waals surface area contributed by atoms with Gasteiger partial charge in [-0.25, -0.2) is 4.79 Å². The van der Waals surface area contributed by atoms with Crippen molar-refractivity contribution in [3.63, 3.8) is 0 Å². The normalized spacial score (nSPS) is 10.7. The fraction of sp³-hybridized carbons (Fsp3) is 0.318. The highest BCUT2D eigenvalue weighted by molar-refractivity contribution is 7.80. The molecule has 0 spiro atoms. The van der Waals surface area contributed by atoms with Crippen LogP contribution in [-0.4, -0.2) is 39.9 Å². The number of anilines is 1. The molecule has 0 aliphatic carbocycles. The van der Waals surface area contributed by atoms with Crippen LogP contribution >= 0.6 is 23.6 Å². The molecule has 0 amide bonds. The number of benzene rings is 1. The summed E-state index contributed by atoms with van der Waals surface area (Å²) in [5, 5.41) is 8.98. The molecule has 3 rings (SSSR count). The third-order valence-corrected chi connectivity index (χ3v) is 6.32. The molecule has 0 bridgehead atoms. The fourth-order valence-corrected chi connectivity index (χ4v) is 4.57. The summed E-state index contributed by atoms with van der Waals surface area (Å²) in [5.41, 5.74) is 4.46. The molecule has 0 unspecified atom stereocenters. The highest BCUT2D eigenvalue weighted by atomic mass is 32.1. The number of ether oxygens (including phenoxy) is 1. The second kappa shape index (κ2) is 9.40. The zero-order valence-electron chi connectivity index (χ0n) is 17.9. The number of thiocarbonyl (C=S) groups is 1. The molecule has 3 aromatic rings. The highest BCUT2D eigenvalue weighted by Crippen LogP contribution is 2.40. The maximum Gasteiger partial charge on any atom is 0.341 e. The standard InChI is InChI=1S/C22H26N4O2S2/c1-6-26-13-17(14(2)24-26)12-25(4)22(29)23-20-19(21(27)28-5)18(15(3)30-20)16-10-8-7-9-11-16/h7-11,13H,6,12H2,1-5H3,(H,23,29).